The maximum Gasteiger partial charge on any atom is 0.0900 e. The first-order chi connectivity index (χ1) is 18.0. The zero-order valence-corrected chi connectivity index (χ0v) is 21.8. The van der Waals surface area contributed by atoms with Crippen molar-refractivity contribution in [3.05, 3.63) is 94.0 Å². The van der Waals surface area contributed by atoms with Gasteiger partial charge in [-0.15, -0.1) is 0 Å². The van der Waals surface area contributed by atoms with Crippen LogP contribution in [0.25, 0.3) is 28.1 Å². The van der Waals surface area contributed by atoms with Gasteiger partial charge >= 0.3 is 0 Å². The van der Waals surface area contributed by atoms with E-state index < -0.39 is 0 Å². The molecule has 0 atom stereocenters. The summed E-state index contributed by atoms with van der Waals surface area (Å²) >= 11 is 12.7. The number of nitrogens with one attached hydrogen (secondary N) is 1. The summed E-state index contributed by atoms with van der Waals surface area (Å²) in [5.74, 6) is 0. The van der Waals surface area contributed by atoms with E-state index in [1.54, 1.807) is 0 Å². The van der Waals surface area contributed by atoms with Crippen LogP contribution in [-0.2, 0) is 4.74 Å². The maximum absolute atomic E-state index is 6.45. The molecule has 1 N–H and O–H groups in total. The Kier molecular flexibility index (Phi) is 6.55. The predicted molar refractivity (Wildman–Crippen MR) is 149 cm³/mol. The topological polar surface area (TPSA) is 64.3 Å². The molecule has 0 amide bonds. The Balaban J connectivity index is 1.62. The van der Waals surface area contributed by atoms with Crippen molar-refractivity contribution in [1.82, 2.24) is 14.5 Å². The summed E-state index contributed by atoms with van der Waals surface area (Å²) in [5, 5.41) is 5.41. The third-order valence-corrected chi connectivity index (χ3v) is 7.30. The number of nitrogens with zero attached hydrogens (tertiary/aromatic N) is 4. The van der Waals surface area contributed by atoms with Gasteiger partial charge < -0.3 is 14.6 Å². The van der Waals surface area contributed by atoms with Crippen LogP contribution in [0.3, 0.4) is 0 Å². The summed E-state index contributed by atoms with van der Waals surface area (Å²) in [6.45, 7) is 3.42. The molecule has 0 unspecified atom stereocenters. The number of anilines is 2. The molecular formula is C29H25Cl2N5O. The minimum atomic E-state index is 0.190. The molecule has 6 rings (SSSR count). The molecule has 1 saturated heterocycles. The molecule has 37 heavy (non-hydrogen) atoms. The minimum absolute atomic E-state index is 0.190. The van der Waals surface area contributed by atoms with Crippen molar-refractivity contribution >= 4 is 45.6 Å². The number of aryl methyl sites for hydroxylation is 1. The zero-order chi connectivity index (χ0) is 25.4. The average Bonchev–Trinajstić information content (AvgIpc) is 2.91. The lowest BCUT2D eigenvalue weighted by molar-refractivity contribution is 0.0864. The lowest BCUT2D eigenvalue weighted by Gasteiger charge is -2.22. The van der Waals surface area contributed by atoms with Gasteiger partial charge in [-0.3, -0.25) is 9.98 Å². The van der Waals surface area contributed by atoms with Crippen LogP contribution in [-0.4, -0.2) is 33.8 Å². The first kappa shape index (κ1) is 23.9. The zero-order valence-electron chi connectivity index (χ0n) is 20.3. The van der Waals surface area contributed by atoms with Gasteiger partial charge in [0.2, 0.25) is 0 Å². The minimum Gasteiger partial charge on any atom is -0.381 e. The summed E-state index contributed by atoms with van der Waals surface area (Å²) in [6.07, 6.45) is 3.63. The van der Waals surface area contributed by atoms with Crippen molar-refractivity contribution < 1.29 is 4.74 Å². The fourth-order valence-corrected chi connectivity index (χ4v) is 4.95. The highest BCUT2D eigenvalue weighted by Crippen LogP contribution is 2.33. The predicted octanol–water partition coefficient (Wildman–Crippen LogP) is 6.96. The van der Waals surface area contributed by atoms with E-state index in [0.717, 1.165) is 76.6 Å². The van der Waals surface area contributed by atoms with Crippen LogP contribution in [0.15, 0.2) is 77.9 Å². The monoisotopic (exact) mass is 529 g/mol. The second-order valence-corrected chi connectivity index (χ2v) is 9.99. The second-order valence-electron chi connectivity index (χ2n) is 9.18. The number of pyridine rings is 1. The van der Waals surface area contributed by atoms with Crippen LogP contribution in [0.2, 0.25) is 10.0 Å². The second kappa shape index (κ2) is 10.1. The van der Waals surface area contributed by atoms with Gasteiger partial charge in [-0.2, -0.15) is 0 Å². The van der Waals surface area contributed by atoms with Crippen molar-refractivity contribution in [1.29, 1.82) is 0 Å². The fourth-order valence-electron chi connectivity index (χ4n) is 4.66. The van der Waals surface area contributed by atoms with Gasteiger partial charge in [0.15, 0.2) is 0 Å². The molecule has 2 aromatic carbocycles. The Morgan fingerprint density at radius 2 is 1.81 bits per heavy atom. The molecule has 1 fully saturated rings. The summed E-state index contributed by atoms with van der Waals surface area (Å²) < 4.78 is 7.74. The average molecular weight is 530 g/mol. The van der Waals surface area contributed by atoms with Crippen LogP contribution in [0.5, 0.6) is 0 Å². The highest BCUT2D eigenvalue weighted by Gasteiger charge is 2.19. The van der Waals surface area contributed by atoms with Gasteiger partial charge in [0, 0.05) is 24.6 Å². The molecule has 3 heterocycles. The van der Waals surface area contributed by atoms with Gasteiger partial charge in [0.25, 0.3) is 0 Å². The first-order valence-electron chi connectivity index (χ1n) is 12.3. The highest BCUT2D eigenvalue weighted by molar-refractivity contribution is 6.42. The molecular weight excluding hydrogens is 505 g/mol. The van der Waals surface area contributed by atoms with Crippen LogP contribution in [0, 0.1) is 6.92 Å². The van der Waals surface area contributed by atoms with Gasteiger partial charge in [0.1, 0.15) is 0 Å². The largest absolute Gasteiger partial charge is 0.381 e. The Morgan fingerprint density at radius 3 is 2.59 bits per heavy atom. The van der Waals surface area contributed by atoms with E-state index in [1.165, 1.54) is 0 Å². The van der Waals surface area contributed by atoms with E-state index in [9.17, 15) is 0 Å². The first-order valence-corrected chi connectivity index (χ1v) is 13.0. The van der Waals surface area contributed by atoms with Crippen molar-refractivity contribution in [2.24, 2.45) is 4.99 Å². The highest BCUT2D eigenvalue weighted by atomic mass is 35.5. The van der Waals surface area contributed by atoms with Gasteiger partial charge in [0.05, 0.1) is 61.4 Å². The summed E-state index contributed by atoms with van der Waals surface area (Å²) in [4.78, 5) is 14.6. The molecule has 1 aromatic heterocycles. The normalized spacial score (nSPS) is 14.9. The molecule has 1 aliphatic carbocycles. The van der Waals surface area contributed by atoms with Gasteiger partial charge in [-0.25, -0.2) is 4.98 Å². The molecule has 186 valence electrons. The van der Waals surface area contributed by atoms with E-state index in [4.69, 9.17) is 37.9 Å². The van der Waals surface area contributed by atoms with Crippen LogP contribution in [0.1, 0.15) is 18.5 Å². The van der Waals surface area contributed by atoms with E-state index in [-0.39, 0.29) is 6.04 Å². The standard InChI is InChI=1S/C29H25Cl2N5O/c1-18-6-7-20(17-32-18)34-25-15-27-29(16-26(25)33-19-10-12-37-13-11-19)36(21-8-9-22(30)23(31)14-21)28-5-3-2-4-24(28)35-27/h2-9,14-17,19,34H,10-13H2,1H3/b33-26+. The molecule has 3 aliphatic rings. The molecule has 0 spiro atoms. The summed E-state index contributed by atoms with van der Waals surface area (Å²) in [7, 11) is 0. The third-order valence-electron chi connectivity index (χ3n) is 6.56. The van der Waals surface area contributed by atoms with Crippen molar-refractivity contribution in [2.45, 2.75) is 25.8 Å². The van der Waals surface area contributed by atoms with Crippen molar-refractivity contribution in [3.8, 4) is 17.1 Å². The lowest BCUT2D eigenvalue weighted by Crippen LogP contribution is -2.23. The number of halogens is 2. The summed E-state index contributed by atoms with van der Waals surface area (Å²) in [5.41, 5.74) is 7.24. The SMILES string of the molecule is Cc1ccc(Nc2cc3nc4ccccc4n(-c4ccc(Cl)c(Cl)c4)c-3c/c2=N\C2CCOCC2)cn1. The Bertz CT molecular complexity index is 1620. The number of ether oxygens (including phenoxy) is 1. The number of aromatic nitrogens is 3. The number of benzene rings is 3. The molecule has 8 heteroatoms. The van der Waals surface area contributed by atoms with Crippen LogP contribution < -0.4 is 10.7 Å². The fraction of sp³-hybridized carbons (Fsp3) is 0.207. The van der Waals surface area contributed by atoms with Crippen molar-refractivity contribution in [2.75, 3.05) is 18.5 Å². The van der Waals surface area contributed by atoms with E-state index in [1.807, 2.05) is 61.7 Å². The number of hydrogen-bond acceptors (Lipinski definition) is 5. The molecule has 3 aromatic rings. The lowest BCUT2D eigenvalue weighted by atomic mass is 10.1. The molecule has 0 bridgehead atoms. The number of fused-ring (bicyclic) bond motifs is 2. The van der Waals surface area contributed by atoms with E-state index in [0.29, 0.717) is 10.0 Å². The smallest absolute Gasteiger partial charge is 0.0900 e. The number of para-hydroxylation sites is 2. The number of hydrogen-bond donors (Lipinski definition) is 1. The van der Waals surface area contributed by atoms with Gasteiger partial charge in [-0.1, -0.05) is 35.3 Å². The quantitative estimate of drug-likeness (QED) is 0.255. The summed E-state index contributed by atoms with van der Waals surface area (Å²) in [6, 6.07) is 22.1. The van der Waals surface area contributed by atoms with Crippen LogP contribution >= 0.6 is 23.2 Å². The Morgan fingerprint density at radius 1 is 0.973 bits per heavy atom. The third kappa shape index (κ3) is 4.92. The maximum atomic E-state index is 6.45. The molecule has 0 radical (unpaired) electrons. The number of rotatable bonds is 4. The van der Waals surface area contributed by atoms with Gasteiger partial charge in [-0.05, 0) is 74.4 Å². The van der Waals surface area contributed by atoms with Crippen LogP contribution in [0.4, 0.5) is 11.4 Å². The van der Waals surface area contributed by atoms with E-state index in [2.05, 4.69) is 33.1 Å². The Hall–Kier alpha value is -3.45. The Labute approximate surface area is 224 Å². The van der Waals surface area contributed by atoms with Crippen molar-refractivity contribution in [3.63, 3.8) is 0 Å². The molecule has 0 saturated carbocycles. The molecule has 6 nitrogen and oxygen atoms in total. The van der Waals surface area contributed by atoms with E-state index >= 15 is 0 Å². The molecule has 2 aliphatic heterocycles.